The largest absolute Gasteiger partial charge is 0.338 e. The molecule has 1 atom stereocenters. The van der Waals surface area contributed by atoms with Crippen LogP contribution in [0.1, 0.15) is 35.6 Å². The van der Waals surface area contributed by atoms with E-state index in [1.165, 1.54) is 6.26 Å². The van der Waals surface area contributed by atoms with E-state index < -0.39 is 15.1 Å². The number of hydrogen-bond acceptors (Lipinski definition) is 5. The molecular weight excluding hydrogens is 462 g/mol. The number of sulfone groups is 1. The highest BCUT2D eigenvalue weighted by Gasteiger charge is 2.48. The second-order valence-electron chi connectivity index (χ2n) is 8.89. The highest BCUT2D eigenvalue weighted by Crippen LogP contribution is 2.53. The third-order valence-electron chi connectivity index (χ3n) is 6.84. The first kappa shape index (κ1) is 22.0. The summed E-state index contributed by atoms with van der Waals surface area (Å²) >= 11 is 6.04. The minimum absolute atomic E-state index is 0.215. The minimum Gasteiger partial charge on any atom is -0.338 e. The Labute approximate surface area is 197 Å². The molecule has 1 N–H and O–H groups in total. The van der Waals surface area contributed by atoms with Crippen molar-refractivity contribution in [2.24, 2.45) is 0 Å². The van der Waals surface area contributed by atoms with Crippen LogP contribution in [0.3, 0.4) is 0 Å². The summed E-state index contributed by atoms with van der Waals surface area (Å²) in [5, 5.41) is 6.91. The van der Waals surface area contributed by atoms with Crippen LogP contribution in [-0.2, 0) is 15.3 Å². The first-order valence-electron chi connectivity index (χ1n) is 10.8. The molecule has 172 valence electrons. The maximum atomic E-state index is 12.8. The number of aromatic nitrogens is 1. The van der Waals surface area contributed by atoms with Crippen molar-refractivity contribution in [2.75, 3.05) is 24.7 Å². The van der Waals surface area contributed by atoms with Gasteiger partial charge in [0.15, 0.2) is 9.84 Å². The summed E-state index contributed by atoms with van der Waals surface area (Å²) in [6.45, 7) is 1.07. The molecule has 1 aliphatic carbocycles. The van der Waals surface area contributed by atoms with Gasteiger partial charge < -0.3 is 9.42 Å². The Morgan fingerprint density at radius 3 is 2.64 bits per heavy atom. The highest BCUT2D eigenvalue weighted by atomic mass is 35.5. The average Bonchev–Trinajstić information content (AvgIpc) is 3.38. The summed E-state index contributed by atoms with van der Waals surface area (Å²) in [4.78, 5) is 14.6. The van der Waals surface area contributed by atoms with Crippen LogP contribution < -0.4 is 5.32 Å². The van der Waals surface area contributed by atoms with Crippen LogP contribution in [0.5, 0.6) is 0 Å². The number of carbonyl (C=O) groups excluding carboxylic acids is 1. The van der Waals surface area contributed by atoms with Gasteiger partial charge in [-0.25, -0.2) is 13.2 Å². The van der Waals surface area contributed by atoms with E-state index in [1.807, 2.05) is 36.4 Å². The van der Waals surface area contributed by atoms with Crippen molar-refractivity contribution >= 4 is 33.4 Å². The van der Waals surface area contributed by atoms with E-state index in [0.29, 0.717) is 43.1 Å². The van der Waals surface area contributed by atoms with Gasteiger partial charge >= 0.3 is 6.03 Å². The highest BCUT2D eigenvalue weighted by molar-refractivity contribution is 7.90. The normalized spacial score (nSPS) is 19.5. The molecule has 1 fully saturated rings. The molecule has 33 heavy (non-hydrogen) atoms. The number of hydrogen-bond donors (Lipinski definition) is 1. The lowest BCUT2D eigenvalue weighted by Crippen LogP contribution is -2.46. The number of nitrogens with one attached hydrogen (secondary N) is 1. The summed E-state index contributed by atoms with van der Waals surface area (Å²) in [6.07, 6.45) is 3.32. The Morgan fingerprint density at radius 2 is 1.91 bits per heavy atom. The van der Waals surface area contributed by atoms with E-state index in [4.69, 9.17) is 16.1 Å². The molecule has 1 spiro atoms. The standard InChI is InChI=1S/C24H24ClN3O4S/c1-33(30,31)21-15-24(19-8-3-2-7-18(19)21)9-11-28(12-10-24)23(29)26-22-14-20(27-32-22)16-5-4-6-17(25)13-16/h2-8,13-14,21H,9-12,15H2,1H3,(H,26,29). The van der Waals surface area contributed by atoms with E-state index in [9.17, 15) is 13.2 Å². The van der Waals surface area contributed by atoms with E-state index >= 15 is 0 Å². The van der Waals surface area contributed by atoms with Crippen LogP contribution in [0.4, 0.5) is 10.7 Å². The molecule has 1 unspecified atom stereocenters. The molecule has 0 saturated carbocycles. The zero-order valence-electron chi connectivity index (χ0n) is 18.1. The first-order valence-corrected chi connectivity index (χ1v) is 13.2. The molecule has 1 saturated heterocycles. The molecule has 7 nitrogen and oxygen atoms in total. The molecule has 2 aliphatic rings. The summed E-state index contributed by atoms with van der Waals surface area (Å²) in [7, 11) is -3.21. The number of likely N-dealkylation sites (tertiary alicyclic amines) is 1. The number of fused-ring (bicyclic) bond motifs is 2. The van der Waals surface area contributed by atoms with Crippen molar-refractivity contribution in [1.82, 2.24) is 10.1 Å². The van der Waals surface area contributed by atoms with Gasteiger partial charge in [-0.15, -0.1) is 0 Å². The van der Waals surface area contributed by atoms with Gasteiger partial charge in [0.2, 0.25) is 5.88 Å². The van der Waals surface area contributed by atoms with Crippen molar-refractivity contribution in [1.29, 1.82) is 0 Å². The quantitative estimate of drug-likeness (QED) is 0.560. The summed E-state index contributed by atoms with van der Waals surface area (Å²) < 4.78 is 30.1. The molecule has 2 heterocycles. The molecule has 9 heteroatoms. The number of nitrogens with zero attached hydrogens (tertiary/aromatic N) is 2. The van der Waals surface area contributed by atoms with Crippen molar-refractivity contribution in [3.63, 3.8) is 0 Å². The summed E-state index contributed by atoms with van der Waals surface area (Å²) in [6, 6.07) is 16.5. The molecule has 3 aromatic rings. The van der Waals surface area contributed by atoms with Crippen molar-refractivity contribution in [2.45, 2.75) is 29.9 Å². The van der Waals surface area contributed by atoms with Gasteiger partial charge in [-0.2, -0.15) is 0 Å². The van der Waals surface area contributed by atoms with Crippen LogP contribution in [-0.4, -0.2) is 43.9 Å². The Bertz CT molecular complexity index is 1310. The Kier molecular flexibility index (Phi) is 5.45. The van der Waals surface area contributed by atoms with Gasteiger partial charge in [0.25, 0.3) is 0 Å². The Balaban J connectivity index is 1.27. The van der Waals surface area contributed by atoms with E-state index in [-0.39, 0.29) is 17.3 Å². The third-order valence-corrected chi connectivity index (χ3v) is 8.53. The lowest BCUT2D eigenvalue weighted by Gasteiger charge is -2.40. The number of amides is 2. The van der Waals surface area contributed by atoms with Gasteiger partial charge in [0, 0.05) is 41.4 Å². The van der Waals surface area contributed by atoms with E-state index in [1.54, 1.807) is 23.1 Å². The number of carbonyl (C=O) groups is 1. The predicted octanol–water partition coefficient (Wildman–Crippen LogP) is 5.05. The molecule has 0 radical (unpaired) electrons. The van der Waals surface area contributed by atoms with Crippen LogP contribution >= 0.6 is 11.6 Å². The summed E-state index contributed by atoms with van der Waals surface area (Å²) in [5.74, 6) is 0.263. The summed E-state index contributed by atoms with van der Waals surface area (Å²) in [5.41, 5.74) is 3.19. The molecular formula is C24H24ClN3O4S. The van der Waals surface area contributed by atoms with Crippen molar-refractivity contribution in [3.8, 4) is 11.3 Å². The molecule has 2 aromatic carbocycles. The van der Waals surface area contributed by atoms with E-state index in [0.717, 1.165) is 16.7 Å². The van der Waals surface area contributed by atoms with Crippen molar-refractivity contribution < 1.29 is 17.7 Å². The lowest BCUT2D eigenvalue weighted by atomic mass is 9.74. The fourth-order valence-electron chi connectivity index (χ4n) is 5.13. The molecule has 1 aromatic heterocycles. The smallest absolute Gasteiger partial charge is 0.324 e. The number of anilines is 1. The van der Waals surface area contributed by atoms with Gasteiger partial charge in [-0.05, 0) is 42.5 Å². The number of halogens is 1. The van der Waals surface area contributed by atoms with Gasteiger partial charge in [-0.1, -0.05) is 53.2 Å². The molecule has 0 bridgehead atoms. The molecule has 2 amide bonds. The number of rotatable bonds is 3. The Morgan fingerprint density at radius 1 is 1.15 bits per heavy atom. The SMILES string of the molecule is CS(=O)(=O)C1CC2(CCN(C(=O)Nc3cc(-c4cccc(Cl)c4)no3)CC2)c2ccccc21. The van der Waals surface area contributed by atoms with Crippen LogP contribution in [0.15, 0.2) is 59.1 Å². The molecule has 1 aliphatic heterocycles. The second kappa shape index (κ2) is 8.18. The maximum absolute atomic E-state index is 12.8. The van der Waals surface area contributed by atoms with Gasteiger partial charge in [0.1, 0.15) is 5.69 Å². The average molecular weight is 486 g/mol. The van der Waals surface area contributed by atoms with Crippen LogP contribution in [0.2, 0.25) is 5.02 Å². The fourth-order valence-corrected chi connectivity index (χ4v) is 6.61. The first-order chi connectivity index (χ1) is 15.7. The second-order valence-corrected chi connectivity index (χ2v) is 11.6. The van der Waals surface area contributed by atoms with Gasteiger partial charge in [-0.3, -0.25) is 5.32 Å². The lowest BCUT2D eigenvalue weighted by molar-refractivity contribution is 0.166. The predicted molar refractivity (Wildman–Crippen MR) is 127 cm³/mol. The maximum Gasteiger partial charge on any atom is 0.324 e. The van der Waals surface area contributed by atoms with Crippen LogP contribution in [0.25, 0.3) is 11.3 Å². The zero-order chi connectivity index (χ0) is 23.2. The fraction of sp³-hybridized carbons (Fsp3) is 0.333. The number of urea groups is 1. The minimum atomic E-state index is -3.21. The van der Waals surface area contributed by atoms with Crippen LogP contribution in [0, 0.1) is 0 Å². The molecule has 5 rings (SSSR count). The topological polar surface area (TPSA) is 92.5 Å². The third kappa shape index (κ3) is 4.13. The number of piperidine rings is 1. The van der Waals surface area contributed by atoms with Crippen molar-refractivity contribution in [3.05, 3.63) is 70.7 Å². The van der Waals surface area contributed by atoms with Gasteiger partial charge in [0.05, 0.1) is 5.25 Å². The monoisotopic (exact) mass is 485 g/mol. The zero-order valence-corrected chi connectivity index (χ0v) is 19.7. The Hall–Kier alpha value is -2.84. The van der Waals surface area contributed by atoms with E-state index in [2.05, 4.69) is 10.5 Å². The number of benzene rings is 2.